The van der Waals surface area contributed by atoms with Crippen LogP contribution in [0.1, 0.15) is 64.6 Å². The van der Waals surface area contributed by atoms with Gasteiger partial charge in [0.05, 0.1) is 6.61 Å². The standard InChI is InChI=1S/C22H31FN2O4.C4H10S/c1-5-10-27-18-11-14(2)17(23)12-16(18)20(24)15-6-8-25(9-7-15)21(26)19-13-28-22(3,4)29-19;1-4(2,3)5/h5,11-12,15,19-20H,1,6-10,13,24H2,2-4H3;5H,1-3H3. The summed E-state index contributed by atoms with van der Waals surface area (Å²) in [6, 6.07) is 2.79. The van der Waals surface area contributed by atoms with Gasteiger partial charge in [-0.25, -0.2) is 4.39 Å². The molecule has 0 aromatic heterocycles. The van der Waals surface area contributed by atoms with Crippen LogP contribution in [0.2, 0.25) is 0 Å². The number of carbonyl (C=O) groups is 1. The number of carbonyl (C=O) groups excluding carboxylic acids is 1. The van der Waals surface area contributed by atoms with Crippen molar-refractivity contribution in [2.24, 2.45) is 11.7 Å². The number of nitrogens with two attached hydrogens (primary N) is 1. The molecule has 2 aliphatic rings. The van der Waals surface area contributed by atoms with Gasteiger partial charge in [0.15, 0.2) is 11.9 Å². The van der Waals surface area contributed by atoms with E-state index in [0.29, 0.717) is 36.6 Å². The quantitative estimate of drug-likeness (QED) is 0.437. The number of likely N-dealkylation sites (tertiary alicyclic amines) is 1. The SMILES string of the molecule is C=CCOc1cc(C)c(F)cc1C(N)C1CCN(C(=O)C2COC(C)(C)O2)CC1.CC(C)(C)S. The molecule has 1 aromatic carbocycles. The molecule has 6 nitrogen and oxygen atoms in total. The molecule has 2 N–H and O–H groups in total. The monoisotopic (exact) mass is 496 g/mol. The van der Waals surface area contributed by atoms with Gasteiger partial charge < -0.3 is 24.8 Å². The van der Waals surface area contributed by atoms with Crippen LogP contribution in [0.15, 0.2) is 24.8 Å². The van der Waals surface area contributed by atoms with E-state index in [2.05, 4.69) is 40.0 Å². The second-order valence-electron chi connectivity index (χ2n) is 10.4. The lowest BCUT2D eigenvalue weighted by atomic mass is 9.85. The first-order valence-corrected chi connectivity index (χ1v) is 12.3. The molecule has 192 valence electrons. The van der Waals surface area contributed by atoms with Gasteiger partial charge in [0.25, 0.3) is 5.91 Å². The Hall–Kier alpha value is -1.61. The molecule has 2 saturated heterocycles. The molecule has 2 aliphatic heterocycles. The van der Waals surface area contributed by atoms with E-state index in [0.717, 1.165) is 12.8 Å². The minimum Gasteiger partial charge on any atom is -0.489 e. The van der Waals surface area contributed by atoms with Gasteiger partial charge in [0.1, 0.15) is 18.2 Å². The zero-order chi connectivity index (χ0) is 25.7. The summed E-state index contributed by atoms with van der Waals surface area (Å²) in [7, 11) is 0. The molecule has 0 spiro atoms. The van der Waals surface area contributed by atoms with E-state index in [1.165, 1.54) is 6.07 Å². The topological polar surface area (TPSA) is 74.0 Å². The van der Waals surface area contributed by atoms with Crippen LogP contribution in [0.3, 0.4) is 0 Å². The Morgan fingerprint density at radius 1 is 1.38 bits per heavy atom. The molecule has 0 aliphatic carbocycles. The number of nitrogens with zero attached hydrogens (tertiary/aromatic N) is 1. The molecule has 1 aromatic rings. The van der Waals surface area contributed by atoms with Crippen LogP contribution in [-0.2, 0) is 14.3 Å². The smallest absolute Gasteiger partial charge is 0.254 e. The van der Waals surface area contributed by atoms with Gasteiger partial charge in [0.2, 0.25) is 0 Å². The molecule has 2 atom stereocenters. The van der Waals surface area contributed by atoms with Crippen LogP contribution in [0.4, 0.5) is 4.39 Å². The van der Waals surface area contributed by atoms with E-state index in [1.54, 1.807) is 32.9 Å². The highest BCUT2D eigenvalue weighted by molar-refractivity contribution is 7.81. The molecule has 0 bridgehead atoms. The van der Waals surface area contributed by atoms with Gasteiger partial charge in [-0.2, -0.15) is 12.6 Å². The fourth-order valence-corrected chi connectivity index (χ4v) is 3.95. The number of hydrogen-bond acceptors (Lipinski definition) is 6. The summed E-state index contributed by atoms with van der Waals surface area (Å²) in [6.07, 6.45) is 2.56. The Morgan fingerprint density at radius 2 is 1.97 bits per heavy atom. The Morgan fingerprint density at radius 3 is 2.47 bits per heavy atom. The Labute approximate surface area is 209 Å². The van der Waals surface area contributed by atoms with Gasteiger partial charge in [-0.3, -0.25) is 4.79 Å². The van der Waals surface area contributed by atoms with Crippen LogP contribution >= 0.6 is 12.6 Å². The molecule has 0 radical (unpaired) electrons. The van der Waals surface area contributed by atoms with Crippen molar-refractivity contribution in [3.05, 3.63) is 41.7 Å². The molecule has 34 heavy (non-hydrogen) atoms. The molecule has 0 saturated carbocycles. The van der Waals surface area contributed by atoms with E-state index in [-0.39, 0.29) is 35.0 Å². The van der Waals surface area contributed by atoms with Crippen LogP contribution in [0.25, 0.3) is 0 Å². The number of hydrogen-bond donors (Lipinski definition) is 2. The average Bonchev–Trinajstić information content (AvgIpc) is 3.12. The average molecular weight is 497 g/mol. The summed E-state index contributed by atoms with van der Waals surface area (Å²) < 4.78 is 31.3. The Bertz CT molecular complexity index is 842. The molecular formula is C26H41FN2O4S. The third kappa shape index (κ3) is 8.56. The first-order chi connectivity index (χ1) is 15.7. The summed E-state index contributed by atoms with van der Waals surface area (Å²) in [5.74, 6) is -0.342. The van der Waals surface area contributed by atoms with E-state index in [1.807, 2.05) is 4.90 Å². The summed E-state index contributed by atoms with van der Waals surface area (Å²) in [5.41, 5.74) is 7.70. The van der Waals surface area contributed by atoms with Crippen molar-refractivity contribution >= 4 is 18.5 Å². The zero-order valence-corrected chi connectivity index (χ0v) is 22.3. The number of ether oxygens (including phenoxy) is 3. The van der Waals surface area contributed by atoms with Crippen molar-refractivity contribution in [3.63, 3.8) is 0 Å². The highest BCUT2D eigenvalue weighted by Gasteiger charge is 2.40. The number of rotatable bonds is 6. The predicted molar refractivity (Wildman–Crippen MR) is 137 cm³/mol. The summed E-state index contributed by atoms with van der Waals surface area (Å²) in [5, 5.41) is 0. The molecule has 1 amide bonds. The molecule has 2 fully saturated rings. The minimum absolute atomic E-state index is 0.0426. The number of amides is 1. The second-order valence-corrected chi connectivity index (χ2v) is 11.8. The van der Waals surface area contributed by atoms with Crippen LogP contribution < -0.4 is 10.5 Å². The molecule has 3 rings (SSSR count). The van der Waals surface area contributed by atoms with Crippen molar-refractivity contribution in [3.8, 4) is 5.75 Å². The molecule has 8 heteroatoms. The number of aryl methyl sites for hydroxylation is 1. The number of benzene rings is 1. The van der Waals surface area contributed by atoms with Gasteiger partial charge in [-0.1, -0.05) is 33.4 Å². The van der Waals surface area contributed by atoms with Crippen molar-refractivity contribution in [1.29, 1.82) is 0 Å². The van der Waals surface area contributed by atoms with Crippen molar-refractivity contribution in [2.75, 3.05) is 26.3 Å². The van der Waals surface area contributed by atoms with Gasteiger partial charge in [-0.15, -0.1) is 0 Å². The number of piperidine rings is 1. The fourth-order valence-electron chi connectivity index (χ4n) is 3.95. The van der Waals surface area contributed by atoms with Gasteiger partial charge in [0, 0.05) is 29.4 Å². The fraction of sp³-hybridized carbons (Fsp3) is 0.654. The first kappa shape index (κ1) is 28.6. The lowest BCUT2D eigenvalue weighted by Gasteiger charge is -2.36. The van der Waals surface area contributed by atoms with Crippen LogP contribution in [0.5, 0.6) is 5.75 Å². The first-order valence-electron chi connectivity index (χ1n) is 11.8. The largest absolute Gasteiger partial charge is 0.489 e. The van der Waals surface area contributed by atoms with Crippen molar-refractivity contribution < 1.29 is 23.4 Å². The van der Waals surface area contributed by atoms with E-state index in [9.17, 15) is 9.18 Å². The van der Waals surface area contributed by atoms with Gasteiger partial charge >= 0.3 is 0 Å². The maximum atomic E-state index is 14.2. The molecule has 2 heterocycles. The predicted octanol–water partition coefficient (Wildman–Crippen LogP) is 4.80. The zero-order valence-electron chi connectivity index (χ0n) is 21.4. The molecule has 2 unspecified atom stereocenters. The van der Waals surface area contributed by atoms with E-state index < -0.39 is 11.9 Å². The van der Waals surface area contributed by atoms with Crippen molar-refractivity contribution in [1.82, 2.24) is 4.90 Å². The van der Waals surface area contributed by atoms with E-state index in [4.69, 9.17) is 19.9 Å². The van der Waals surface area contributed by atoms with Gasteiger partial charge in [-0.05, 0) is 57.2 Å². The van der Waals surface area contributed by atoms with E-state index >= 15 is 0 Å². The molecular weight excluding hydrogens is 455 g/mol. The third-order valence-electron chi connectivity index (χ3n) is 5.65. The summed E-state index contributed by atoms with van der Waals surface area (Å²) in [4.78, 5) is 14.5. The maximum Gasteiger partial charge on any atom is 0.254 e. The number of halogens is 1. The normalized spacial score (nSPS) is 21.4. The minimum atomic E-state index is -0.724. The summed E-state index contributed by atoms with van der Waals surface area (Å²) in [6.45, 7) is 16.9. The Kier molecular flexibility index (Phi) is 10.0. The highest BCUT2D eigenvalue weighted by atomic mass is 32.1. The maximum absolute atomic E-state index is 14.2. The lowest BCUT2D eigenvalue weighted by molar-refractivity contribution is -0.161. The highest BCUT2D eigenvalue weighted by Crippen LogP contribution is 2.36. The Balaban J connectivity index is 0.000000739. The van der Waals surface area contributed by atoms with Crippen LogP contribution in [0, 0.1) is 18.7 Å². The second kappa shape index (κ2) is 11.9. The lowest BCUT2D eigenvalue weighted by Crippen LogP contribution is -2.46. The third-order valence-corrected chi connectivity index (χ3v) is 5.65. The van der Waals surface area contributed by atoms with Crippen LogP contribution in [-0.4, -0.2) is 53.7 Å². The summed E-state index contributed by atoms with van der Waals surface area (Å²) >= 11 is 4.12. The van der Waals surface area contributed by atoms with Crippen molar-refractivity contribution in [2.45, 2.75) is 77.1 Å². The number of thiol groups is 1.